The topological polar surface area (TPSA) is 43.8 Å². The zero-order valence-corrected chi connectivity index (χ0v) is 10.0. The molecule has 0 aliphatic rings. The zero-order valence-electron chi connectivity index (χ0n) is 10.0. The normalized spacial score (nSPS) is 12.7. The predicted molar refractivity (Wildman–Crippen MR) is 65.1 cm³/mol. The van der Waals surface area contributed by atoms with Crippen molar-refractivity contribution in [1.82, 2.24) is 9.55 Å². The number of nitrogens with zero attached hydrogens (tertiary/aromatic N) is 2. The molecule has 1 aromatic carbocycles. The molecule has 0 aliphatic carbocycles. The average molecular weight is 233 g/mol. The quantitative estimate of drug-likeness (QED) is 0.884. The summed E-state index contributed by atoms with van der Waals surface area (Å²) in [6, 6.07) is 4.28. The monoisotopic (exact) mass is 233 g/mol. The van der Waals surface area contributed by atoms with Crippen LogP contribution in [0.5, 0.6) is 0 Å². The first-order chi connectivity index (χ1) is 8.11. The van der Waals surface area contributed by atoms with Crippen LogP contribution in [0.4, 0.5) is 4.39 Å². The van der Waals surface area contributed by atoms with Gasteiger partial charge in [-0.1, -0.05) is 6.07 Å². The van der Waals surface area contributed by atoms with Gasteiger partial charge in [0.05, 0.1) is 18.1 Å². The number of aromatic nitrogens is 2. The molecule has 1 heterocycles. The summed E-state index contributed by atoms with van der Waals surface area (Å²) in [7, 11) is 0. The van der Waals surface area contributed by atoms with E-state index in [-0.39, 0.29) is 11.9 Å². The Bertz CT molecular complexity index is 519. The Hall–Kier alpha value is -1.68. The second-order valence-corrected chi connectivity index (χ2v) is 4.11. The van der Waals surface area contributed by atoms with Crippen LogP contribution in [0.2, 0.25) is 0 Å². The van der Waals surface area contributed by atoms with Crippen molar-refractivity contribution in [3.05, 3.63) is 53.4 Å². The molecule has 1 aromatic heterocycles. The molecule has 0 saturated carbocycles. The van der Waals surface area contributed by atoms with Crippen molar-refractivity contribution < 1.29 is 4.39 Å². The van der Waals surface area contributed by atoms with Crippen LogP contribution in [-0.4, -0.2) is 9.55 Å². The van der Waals surface area contributed by atoms with Gasteiger partial charge in [-0.05, 0) is 37.1 Å². The van der Waals surface area contributed by atoms with Crippen LogP contribution < -0.4 is 5.73 Å². The van der Waals surface area contributed by atoms with Crippen molar-refractivity contribution in [3.8, 4) is 0 Å². The molecule has 0 saturated heterocycles. The molecule has 2 rings (SSSR count). The molecule has 1 atom stereocenters. The SMILES string of the molecule is CCn1cnc(C(N)c2cc(F)ccc2C)c1. The summed E-state index contributed by atoms with van der Waals surface area (Å²) in [4.78, 5) is 4.25. The maximum absolute atomic E-state index is 13.2. The number of benzene rings is 1. The van der Waals surface area contributed by atoms with E-state index in [0.717, 1.165) is 23.4 Å². The van der Waals surface area contributed by atoms with Crippen molar-refractivity contribution >= 4 is 0 Å². The lowest BCUT2D eigenvalue weighted by Crippen LogP contribution is -2.14. The number of hydrogen-bond acceptors (Lipinski definition) is 2. The number of halogens is 1. The molecule has 90 valence electrons. The third kappa shape index (κ3) is 2.36. The zero-order chi connectivity index (χ0) is 12.4. The fourth-order valence-electron chi connectivity index (χ4n) is 1.82. The van der Waals surface area contributed by atoms with Crippen LogP contribution in [0.3, 0.4) is 0 Å². The number of nitrogens with two attached hydrogens (primary N) is 1. The Morgan fingerprint density at radius 3 is 2.88 bits per heavy atom. The van der Waals surface area contributed by atoms with Crippen molar-refractivity contribution in [2.75, 3.05) is 0 Å². The Balaban J connectivity index is 2.35. The highest BCUT2D eigenvalue weighted by molar-refractivity contribution is 5.33. The first kappa shape index (κ1) is 11.8. The minimum Gasteiger partial charge on any atom is -0.337 e. The standard InChI is InChI=1S/C13H16FN3/c1-3-17-7-12(16-8-17)13(15)11-6-10(14)5-4-9(11)2/h4-8,13H,3,15H2,1-2H3. The van der Waals surface area contributed by atoms with Gasteiger partial charge < -0.3 is 10.3 Å². The molecule has 4 heteroatoms. The van der Waals surface area contributed by atoms with Crippen molar-refractivity contribution in [2.45, 2.75) is 26.4 Å². The highest BCUT2D eigenvalue weighted by Gasteiger charge is 2.14. The molecule has 0 spiro atoms. The van der Waals surface area contributed by atoms with E-state index in [0.29, 0.717) is 0 Å². The Labute approximate surface area is 100 Å². The smallest absolute Gasteiger partial charge is 0.123 e. The molecule has 0 aliphatic heterocycles. The summed E-state index contributed by atoms with van der Waals surface area (Å²) in [5.41, 5.74) is 8.64. The lowest BCUT2D eigenvalue weighted by Gasteiger charge is -2.12. The fraction of sp³-hybridized carbons (Fsp3) is 0.308. The van der Waals surface area contributed by atoms with Gasteiger partial charge in [0.1, 0.15) is 5.82 Å². The molecule has 0 fully saturated rings. The Morgan fingerprint density at radius 1 is 1.47 bits per heavy atom. The summed E-state index contributed by atoms with van der Waals surface area (Å²) in [6.07, 6.45) is 3.64. The third-order valence-corrected chi connectivity index (χ3v) is 2.91. The van der Waals surface area contributed by atoms with Crippen molar-refractivity contribution in [3.63, 3.8) is 0 Å². The first-order valence-corrected chi connectivity index (χ1v) is 5.65. The molecule has 3 nitrogen and oxygen atoms in total. The van der Waals surface area contributed by atoms with Crippen molar-refractivity contribution in [2.24, 2.45) is 5.73 Å². The van der Waals surface area contributed by atoms with E-state index in [1.165, 1.54) is 12.1 Å². The number of rotatable bonds is 3. The van der Waals surface area contributed by atoms with E-state index in [4.69, 9.17) is 5.73 Å². The van der Waals surface area contributed by atoms with E-state index in [1.54, 1.807) is 12.4 Å². The van der Waals surface area contributed by atoms with E-state index in [9.17, 15) is 4.39 Å². The van der Waals surface area contributed by atoms with Gasteiger partial charge in [0.25, 0.3) is 0 Å². The van der Waals surface area contributed by atoms with Gasteiger partial charge in [-0.3, -0.25) is 0 Å². The van der Waals surface area contributed by atoms with Crippen LogP contribution in [0.25, 0.3) is 0 Å². The van der Waals surface area contributed by atoms with Gasteiger partial charge >= 0.3 is 0 Å². The second kappa shape index (κ2) is 4.67. The van der Waals surface area contributed by atoms with E-state index in [1.807, 2.05) is 24.6 Å². The lowest BCUT2D eigenvalue weighted by molar-refractivity contribution is 0.622. The van der Waals surface area contributed by atoms with Crippen molar-refractivity contribution in [1.29, 1.82) is 0 Å². The Kier molecular flexibility index (Phi) is 3.24. The molecular weight excluding hydrogens is 217 g/mol. The van der Waals surface area contributed by atoms with E-state index in [2.05, 4.69) is 4.98 Å². The summed E-state index contributed by atoms with van der Waals surface area (Å²) in [5, 5.41) is 0. The van der Waals surface area contributed by atoms with Crippen LogP contribution in [0, 0.1) is 12.7 Å². The highest BCUT2D eigenvalue weighted by Crippen LogP contribution is 2.22. The van der Waals surface area contributed by atoms with Gasteiger partial charge in [-0.15, -0.1) is 0 Å². The minimum atomic E-state index is -0.376. The Morgan fingerprint density at radius 2 is 2.24 bits per heavy atom. The molecule has 17 heavy (non-hydrogen) atoms. The molecule has 1 unspecified atom stereocenters. The predicted octanol–water partition coefficient (Wildman–Crippen LogP) is 2.40. The lowest BCUT2D eigenvalue weighted by atomic mass is 10.00. The summed E-state index contributed by atoms with van der Waals surface area (Å²) in [6.45, 7) is 4.80. The molecule has 0 bridgehead atoms. The maximum Gasteiger partial charge on any atom is 0.123 e. The number of imidazole rings is 1. The summed E-state index contributed by atoms with van der Waals surface area (Å²) >= 11 is 0. The molecule has 2 N–H and O–H groups in total. The van der Waals surface area contributed by atoms with Crippen LogP contribution >= 0.6 is 0 Å². The maximum atomic E-state index is 13.2. The van der Waals surface area contributed by atoms with Gasteiger partial charge in [-0.25, -0.2) is 9.37 Å². The number of hydrogen-bond donors (Lipinski definition) is 1. The molecular formula is C13H16FN3. The minimum absolute atomic E-state index is 0.268. The van der Waals surface area contributed by atoms with Crippen LogP contribution in [0.15, 0.2) is 30.7 Å². The highest BCUT2D eigenvalue weighted by atomic mass is 19.1. The molecule has 0 radical (unpaired) electrons. The second-order valence-electron chi connectivity index (χ2n) is 4.11. The van der Waals surface area contributed by atoms with E-state index < -0.39 is 0 Å². The largest absolute Gasteiger partial charge is 0.337 e. The molecule has 2 aromatic rings. The van der Waals surface area contributed by atoms with Crippen LogP contribution in [-0.2, 0) is 6.54 Å². The van der Waals surface area contributed by atoms with E-state index >= 15 is 0 Å². The first-order valence-electron chi connectivity index (χ1n) is 5.65. The summed E-state index contributed by atoms with van der Waals surface area (Å²) < 4.78 is 15.2. The number of aryl methyl sites for hydroxylation is 2. The molecule has 0 amide bonds. The summed E-state index contributed by atoms with van der Waals surface area (Å²) in [5.74, 6) is -0.268. The average Bonchev–Trinajstić information content (AvgIpc) is 2.80. The fourth-order valence-corrected chi connectivity index (χ4v) is 1.82. The van der Waals surface area contributed by atoms with Gasteiger partial charge in [0.15, 0.2) is 0 Å². The third-order valence-electron chi connectivity index (χ3n) is 2.91. The van der Waals surface area contributed by atoms with Crippen LogP contribution in [0.1, 0.15) is 29.8 Å². The van der Waals surface area contributed by atoms with Gasteiger partial charge in [-0.2, -0.15) is 0 Å². The van der Waals surface area contributed by atoms with Gasteiger partial charge in [0.2, 0.25) is 0 Å². The van der Waals surface area contributed by atoms with Gasteiger partial charge in [0, 0.05) is 12.7 Å².